The number of ether oxygens (including phenoxy) is 1. The molecule has 0 saturated heterocycles. The predicted molar refractivity (Wildman–Crippen MR) is 129 cm³/mol. The summed E-state index contributed by atoms with van der Waals surface area (Å²) in [6, 6.07) is 6.83. The number of sulfone groups is 1. The van der Waals surface area contributed by atoms with Crippen LogP contribution in [0.25, 0.3) is 22.3 Å². The van der Waals surface area contributed by atoms with E-state index in [4.69, 9.17) is 4.74 Å². The molecule has 0 spiro atoms. The van der Waals surface area contributed by atoms with E-state index in [-0.39, 0.29) is 23.1 Å². The first-order chi connectivity index (χ1) is 16.6. The Bertz CT molecular complexity index is 1580. The number of fused-ring (bicyclic) bond motifs is 1. The van der Waals surface area contributed by atoms with Gasteiger partial charge in [-0.15, -0.1) is 0 Å². The van der Waals surface area contributed by atoms with Crippen molar-refractivity contribution in [2.75, 3.05) is 18.7 Å². The molecule has 5 rings (SSSR count). The first-order valence-corrected chi connectivity index (χ1v) is 12.6. The van der Waals surface area contributed by atoms with Crippen LogP contribution in [0.15, 0.2) is 43.0 Å². The van der Waals surface area contributed by atoms with Gasteiger partial charge in [0.25, 0.3) is 0 Å². The van der Waals surface area contributed by atoms with Gasteiger partial charge in [-0.3, -0.25) is 4.98 Å². The van der Waals surface area contributed by atoms with Crippen molar-refractivity contribution in [2.45, 2.75) is 17.6 Å². The Morgan fingerprint density at radius 3 is 2.49 bits per heavy atom. The SMILES string of the molecule is COc1nc(Nc2ccc(C3(S(C)(=O)=O)CC3)cc2)c(C(=O)O)nc1-c1cncc2c1ncn2C. The van der Waals surface area contributed by atoms with Crippen LogP contribution in [0.3, 0.4) is 0 Å². The normalized spacial score (nSPS) is 14.6. The number of rotatable bonds is 7. The molecule has 0 unspecified atom stereocenters. The second-order valence-corrected chi connectivity index (χ2v) is 10.8. The van der Waals surface area contributed by atoms with Crippen molar-refractivity contribution in [2.24, 2.45) is 7.05 Å². The molecule has 0 atom stereocenters. The number of carbonyl (C=O) groups is 1. The number of aryl methyl sites for hydroxylation is 1. The first kappa shape index (κ1) is 22.7. The van der Waals surface area contributed by atoms with E-state index in [0.29, 0.717) is 35.2 Å². The Hall–Kier alpha value is -4.06. The molecule has 2 N–H and O–H groups in total. The molecule has 1 aliphatic carbocycles. The van der Waals surface area contributed by atoms with Crippen LogP contribution < -0.4 is 10.1 Å². The summed E-state index contributed by atoms with van der Waals surface area (Å²) in [5.41, 5.74) is 2.94. The molecular weight excluding hydrogens is 472 g/mol. The first-order valence-electron chi connectivity index (χ1n) is 10.7. The van der Waals surface area contributed by atoms with E-state index in [1.165, 1.54) is 19.6 Å². The number of carboxylic acids is 1. The zero-order valence-corrected chi connectivity index (χ0v) is 20.0. The van der Waals surface area contributed by atoms with E-state index in [0.717, 1.165) is 5.52 Å². The fourth-order valence-corrected chi connectivity index (χ4v) is 5.58. The smallest absolute Gasteiger partial charge is 0.358 e. The molecule has 12 heteroatoms. The Morgan fingerprint density at radius 2 is 1.89 bits per heavy atom. The van der Waals surface area contributed by atoms with Crippen molar-refractivity contribution < 1.29 is 23.1 Å². The van der Waals surface area contributed by atoms with Gasteiger partial charge in [0.05, 0.1) is 35.5 Å². The van der Waals surface area contributed by atoms with Crippen LogP contribution in [0.4, 0.5) is 11.5 Å². The van der Waals surface area contributed by atoms with E-state index in [9.17, 15) is 18.3 Å². The maximum Gasteiger partial charge on any atom is 0.358 e. The largest absolute Gasteiger partial charge is 0.479 e. The molecule has 11 nitrogen and oxygen atoms in total. The van der Waals surface area contributed by atoms with Crippen molar-refractivity contribution in [3.05, 3.63) is 54.2 Å². The van der Waals surface area contributed by atoms with Gasteiger partial charge in [0.2, 0.25) is 5.88 Å². The van der Waals surface area contributed by atoms with Crippen molar-refractivity contribution in [3.8, 4) is 17.1 Å². The number of methoxy groups -OCH3 is 1. The lowest BCUT2D eigenvalue weighted by molar-refractivity contribution is 0.0691. The summed E-state index contributed by atoms with van der Waals surface area (Å²) in [6.45, 7) is 0. The van der Waals surface area contributed by atoms with Gasteiger partial charge in [-0.25, -0.2) is 23.2 Å². The summed E-state index contributed by atoms with van der Waals surface area (Å²) in [5, 5.41) is 12.8. The third kappa shape index (κ3) is 3.75. The third-order valence-corrected chi connectivity index (χ3v) is 8.30. The molecule has 3 aromatic heterocycles. The van der Waals surface area contributed by atoms with Crippen molar-refractivity contribution >= 4 is 38.3 Å². The van der Waals surface area contributed by atoms with Gasteiger partial charge in [0, 0.05) is 25.2 Å². The fourth-order valence-electron chi connectivity index (χ4n) is 4.17. The number of aromatic carboxylic acids is 1. The number of nitrogens with zero attached hydrogens (tertiary/aromatic N) is 5. The van der Waals surface area contributed by atoms with Gasteiger partial charge in [-0.1, -0.05) is 12.1 Å². The van der Waals surface area contributed by atoms with Gasteiger partial charge in [-0.2, -0.15) is 4.98 Å². The van der Waals surface area contributed by atoms with Gasteiger partial charge in [-0.05, 0) is 30.5 Å². The topological polar surface area (TPSA) is 149 Å². The van der Waals surface area contributed by atoms with Gasteiger partial charge < -0.3 is 19.7 Å². The second kappa shape index (κ2) is 8.01. The third-order valence-electron chi connectivity index (χ3n) is 6.24. The molecule has 1 saturated carbocycles. The van der Waals surface area contributed by atoms with Gasteiger partial charge >= 0.3 is 5.97 Å². The van der Waals surface area contributed by atoms with Gasteiger partial charge in [0.1, 0.15) is 11.2 Å². The minimum Gasteiger partial charge on any atom is -0.479 e. The van der Waals surface area contributed by atoms with E-state index < -0.39 is 20.6 Å². The molecular formula is C23H22N6O5S. The number of nitrogens with one attached hydrogen (secondary N) is 1. The number of hydrogen-bond donors (Lipinski definition) is 2. The standard InChI is InChI=1S/C23H22N6O5S/c1-29-12-25-17-15(10-24-11-16(17)29)18-21(34-2)28-20(19(27-18)22(30)31)26-14-6-4-13(5-7-14)23(8-9-23)35(3,32)33/h4-7,10-12H,8-9H2,1-3H3,(H,26,28)(H,30,31). The number of aromatic nitrogens is 5. The summed E-state index contributed by atoms with van der Waals surface area (Å²) >= 11 is 0. The second-order valence-electron chi connectivity index (χ2n) is 8.46. The van der Waals surface area contributed by atoms with Crippen LogP contribution in [-0.2, 0) is 21.6 Å². The number of imidazole rings is 1. The molecule has 0 amide bonds. The Kier molecular flexibility index (Phi) is 5.20. The number of benzene rings is 1. The van der Waals surface area contributed by atoms with E-state index in [2.05, 4.69) is 25.3 Å². The minimum absolute atomic E-state index is 0.0174. The van der Waals surface area contributed by atoms with Crippen LogP contribution in [-0.4, -0.2) is 57.4 Å². The zero-order chi connectivity index (χ0) is 25.0. The van der Waals surface area contributed by atoms with Crippen molar-refractivity contribution in [1.29, 1.82) is 0 Å². The summed E-state index contributed by atoms with van der Waals surface area (Å²) in [6.07, 6.45) is 7.24. The number of anilines is 2. The van der Waals surface area contributed by atoms with E-state index in [1.807, 2.05) is 7.05 Å². The maximum absolute atomic E-state index is 12.2. The lowest BCUT2D eigenvalue weighted by Crippen LogP contribution is -2.19. The van der Waals surface area contributed by atoms with E-state index >= 15 is 0 Å². The fraction of sp³-hybridized carbons (Fsp3) is 0.261. The highest BCUT2D eigenvalue weighted by atomic mass is 32.2. The number of carboxylic acid groups (broad SMARTS) is 1. The molecule has 0 bridgehead atoms. The van der Waals surface area contributed by atoms with Crippen molar-refractivity contribution in [1.82, 2.24) is 24.5 Å². The molecule has 1 aliphatic rings. The molecule has 4 aromatic rings. The average molecular weight is 495 g/mol. The molecule has 3 heterocycles. The van der Waals surface area contributed by atoms with E-state index in [1.54, 1.807) is 41.4 Å². The highest BCUT2D eigenvalue weighted by Gasteiger charge is 2.53. The average Bonchev–Trinajstić information content (AvgIpc) is 3.57. The lowest BCUT2D eigenvalue weighted by atomic mass is 10.1. The van der Waals surface area contributed by atoms with Crippen LogP contribution >= 0.6 is 0 Å². The molecule has 0 aliphatic heterocycles. The summed E-state index contributed by atoms with van der Waals surface area (Å²) in [5.74, 6) is -1.20. The van der Waals surface area contributed by atoms with Crippen LogP contribution in [0, 0.1) is 0 Å². The molecule has 0 radical (unpaired) electrons. The summed E-state index contributed by atoms with van der Waals surface area (Å²) < 4.78 is 30.8. The Morgan fingerprint density at radius 1 is 1.17 bits per heavy atom. The summed E-state index contributed by atoms with van der Waals surface area (Å²) in [4.78, 5) is 29.4. The van der Waals surface area contributed by atoms with Crippen LogP contribution in [0.5, 0.6) is 5.88 Å². The zero-order valence-electron chi connectivity index (χ0n) is 19.2. The Balaban J connectivity index is 1.55. The Labute approximate surface area is 200 Å². The maximum atomic E-state index is 12.2. The molecule has 35 heavy (non-hydrogen) atoms. The highest BCUT2D eigenvalue weighted by molar-refractivity contribution is 7.92. The molecule has 1 fully saturated rings. The van der Waals surface area contributed by atoms with Gasteiger partial charge in [0.15, 0.2) is 21.3 Å². The quantitative estimate of drug-likeness (QED) is 0.393. The lowest BCUT2D eigenvalue weighted by Gasteiger charge is -2.16. The minimum atomic E-state index is -3.24. The summed E-state index contributed by atoms with van der Waals surface area (Å²) in [7, 11) is 0.00345. The predicted octanol–water partition coefficient (Wildman–Crippen LogP) is 2.91. The highest BCUT2D eigenvalue weighted by Crippen LogP contribution is 2.52. The number of pyridine rings is 1. The molecule has 1 aromatic carbocycles. The van der Waals surface area contributed by atoms with Crippen molar-refractivity contribution in [3.63, 3.8) is 0 Å². The monoisotopic (exact) mass is 494 g/mol. The van der Waals surface area contributed by atoms with Crippen LogP contribution in [0.1, 0.15) is 28.9 Å². The molecule has 180 valence electrons. The number of hydrogen-bond acceptors (Lipinski definition) is 9. The van der Waals surface area contributed by atoms with Crippen LogP contribution in [0.2, 0.25) is 0 Å².